The highest BCUT2D eigenvalue weighted by Crippen LogP contribution is 2.11. The fraction of sp³-hybridized carbons (Fsp3) is 0.294. The van der Waals surface area contributed by atoms with Gasteiger partial charge in [-0.15, -0.1) is 6.58 Å². The lowest BCUT2D eigenvalue weighted by Gasteiger charge is -2.06. The Balaban J connectivity index is 1.78. The van der Waals surface area contributed by atoms with Crippen LogP contribution in [0.1, 0.15) is 23.3 Å². The lowest BCUT2D eigenvalue weighted by atomic mass is 10.2. The Morgan fingerprint density at radius 3 is 2.86 bits per heavy atom. The van der Waals surface area contributed by atoms with Crippen LogP contribution in [0.3, 0.4) is 0 Å². The van der Waals surface area contributed by atoms with Crippen molar-refractivity contribution in [3.05, 3.63) is 54.7 Å². The molecule has 0 fully saturated rings. The molecule has 0 radical (unpaired) electrons. The van der Waals surface area contributed by atoms with Gasteiger partial charge in [0.1, 0.15) is 5.69 Å². The molecule has 0 aliphatic carbocycles. The Morgan fingerprint density at radius 2 is 2.00 bits per heavy atom. The van der Waals surface area contributed by atoms with E-state index in [1.165, 1.54) is 0 Å². The molecule has 0 saturated carbocycles. The molecule has 2 N–H and O–H groups in total. The van der Waals surface area contributed by atoms with Gasteiger partial charge in [0.25, 0.3) is 5.91 Å². The predicted molar refractivity (Wildman–Crippen MR) is 86.4 cm³/mol. The average molecular weight is 283 g/mol. The standard InChI is InChI=1S/C17H21N3O/c1-2-3-6-11-18-12-13-19-17(21)16-10-9-14-7-4-5-8-15(14)20-16/h2,4-5,7-10,18H,1,3,6,11-13H2,(H,19,21). The number of para-hydroxylation sites is 1. The summed E-state index contributed by atoms with van der Waals surface area (Å²) in [6, 6.07) is 11.5. The summed E-state index contributed by atoms with van der Waals surface area (Å²) in [5.74, 6) is -0.131. The molecule has 0 spiro atoms. The second kappa shape index (κ2) is 8.17. The molecule has 0 aliphatic heterocycles. The number of pyridine rings is 1. The summed E-state index contributed by atoms with van der Waals surface area (Å²) in [5.41, 5.74) is 1.30. The van der Waals surface area contributed by atoms with Crippen LogP contribution in [0.2, 0.25) is 0 Å². The summed E-state index contributed by atoms with van der Waals surface area (Å²) in [5, 5.41) is 7.18. The molecule has 0 unspecified atom stereocenters. The fourth-order valence-electron chi connectivity index (χ4n) is 2.04. The van der Waals surface area contributed by atoms with Crippen molar-refractivity contribution < 1.29 is 4.79 Å². The molecule has 2 rings (SSSR count). The number of aromatic nitrogens is 1. The number of nitrogens with one attached hydrogen (secondary N) is 2. The number of nitrogens with zero attached hydrogens (tertiary/aromatic N) is 1. The zero-order valence-corrected chi connectivity index (χ0v) is 12.1. The summed E-state index contributed by atoms with van der Waals surface area (Å²) >= 11 is 0. The Morgan fingerprint density at radius 1 is 1.14 bits per heavy atom. The number of hydrogen-bond acceptors (Lipinski definition) is 3. The van der Waals surface area contributed by atoms with Crippen LogP contribution in [0, 0.1) is 0 Å². The molecule has 1 amide bonds. The van der Waals surface area contributed by atoms with Crippen LogP contribution in [0.5, 0.6) is 0 Å². The number of rotatable bonds is 8. The highest BCUT2D eigenvalue weighted by Gasteiger charge is 2.06. The van der Waals surface area contributed by atoms with E-state index in [4.69, 9.17) is 0 Å². The van der Waals surface area contributed by atoms with Crippen LogP contribution in [0.15, 0.2) is 49.1 Å². The van der Waals surface area contributed by atoms with Gasteiger partial charge >= 0.3 is 0 Å². The van der Waals surface area contributed by atoms with E-state index in [1.54, 1.807) is 6.07 Å². The van der Waals surface area contributed by atoms with E-state index in [-0.39, 0.29) is 5.91 Å². The lowest BCUT2D eigenvalue weighted by Crippen LogP contribution is -2.32. The highest BCUT2D eigenvalue weighted by atomic mass is 16.1. The third-order valence-corrected chi connectivity index (χ3v) is 3.18. The number of allylic oxidation sites excluding steroid dienone is 1. The van der Waals surface area contributed by atoms with E-state index in [9.17, 15) is 4.79 Å². The Kier molecular flexibility index (Phi) is 5.91. The van der Waals surface area contributed by atoms with E-state index in [1.807, 2.05) is 36.4 Å². The number of fused-ring (bicyclic) bond motifs is 1. The van der Waals surface area contributed by atoms with Gasteiger partial charge in [0, 0.05) is 18.5 Å². The maximum atomic E-state index is 12.0. The SMILES string of the molecule is C=CCCCNCCNC(=O)c1ccc2ccccc2n1. The van der Waals surface area contributed by atoms with E-state index in [2.05, 4.69) is 22.2 Å². The molecular formula is C17H21N3O. The van der Waals surface area contributed by atoms with Gasteiger partial charge in [-0.25, -0.2) is 4.98 Å². The van der Waals surface area contributed by atoms with E-state index >= 15 is 0 Å². The molecule has 1 aromatic heterocycles. The number of carbonyl (C=O) groups is 1. The monoisotopic (exact) mass is 283 g/mol. The van der Waals surface area contributed by atoms with Gasteiger partial charge in [0.2, 0.25) is 0 Å². The lowest BCUT2D eigenvalue weighted by molar-refractivity contribution is 0.0949. The van der Waals surface area contributed by atoms with Crippen molar-refractivity contribution in [2.24, 2.45) is 0 Å². The molecule has 0 aliphatic rings. The Labute approximate surface area is 125 Å². The van der Waals surface area contributed by atoms with Crippen molar-refractivity contribution in [1.82, 2.24) is 15.6 Å². The van der Waals surface area contributed by atoms with E-state index in [0.717, 1.165) is 36.8 Å². The third-order valence-electron chi connectivity index (χ3n) is 3.18. The number of hydrogen-bond donors (Lipinski definition) is 2. The highest BCUT2D eigenvalue weighted by molar-refractivity contribution is 5.94. The smallest absolute Gasteiger partial charge is 0.269 e. The first-order chi connectivity index (χ1) is 10.3. The van der Waals surface area contributed by atoms with Crippen molar-refractivity contribution in [2.75, 3.05) is 19.6 Å². The zero-order valence-electron chi connectivity index (χ0n) is 12.1. The first-order valence-corrected chi connectivity index (χ1v) is 7.27. The molecule has 2 aromatic rings. The van der Waals surface area contributed by atoms with Gasteiger partial charge in [-0.3, -0.25) is 4.79 Å². The van der Waals surface area contributed by atoms with Gasteiger partial charge < -0.3 is 10.6 Å². The van der Waals surface area contributed by atoms with E-state index < -0.39 is 0 Å². The van der Waals surface area contributed by atoms with Crippen LogP contribution in [0.25, 0.3) is 10.9 Å². The predicted octanol–water partition coefficient (Wildman–Crippen LogP) is 2.52. The van der Waals surface area contributed by atoms with Crippen molar-refractivity contribution in [2.45, 2.75) is 12.8 Å². The Hall–Kier alpha value is -2.20. The molecule has 0 saturated heterocycles. The molecule has 1 heterocycles. The van der Waals surface area contributed by atoms with Crippen LogP contribution < -0.4 is 10.6 Å². The van der Waals surface area contributed by atoms with Gasteiger partial charge in [-0.05, 0) is 31.5 Å². The van der Waals surface area contributed by atoms with E-state index in [0.29, 0.717) is 12.2 Å². The zero-order chi connectivity index (χ0) is 14.9. The Bertz CT molecular complexity index is 610. The minimum absolute atomic E-state index is 0.131. The fourth-order valence-corrected chi connectivity index (χ4v) is 2.04. The number of amides is 1. The molecule has 0 atom stereocenters. The van der Waals surface area contributed by atoms with Crippen molar-refractivity contribution in [3.8, 4) is 0 Å². The topological polar surface area (TPSA) is 54.0 Å². The molecule has 21 heavy (non-hydrogen) atoms. The summed E-state index contributed by atoms with van der Waals surface area (Å²) in [6.07, 6.45) is 4.00. The molecule has 0 bridgehead atoms. The quantitative estimate of drug-likeness (QED) is 0.578. The van der Waals surface area contributed by atoms with Crippen LogP contribution in [0.4, 0.5) is 0 Å². The number of benzene rings is 1. The minimum Gasteiger partial charge on any atom is -0.349 e. The maximum absolute atomic E-state index is 12.0. The first kappa shape index (κ1) is 15.2. The van der Waals surface area contributed by atoms with Gasteiger partial charge in [-0.1, -0.05) is 30.3 Å². The summed E-state index contributed by atoms with van der Waals surface area (Å²) in [7, 11) is 0. The average Bonchev–Trinajstić information content (AvgIpc) is 2.53. The van der Waals surface area contributed by atoms with Crippen molar-refractivity contribution in [3.63, 3.8) is 0 Å². The third kappa shape index (κ3) is 4.68. The largest absolute Gasteiger partial charge is 0.349 e. The summed E-state index contributed by atoms with van der Waals surface area (Å²) in [6.45, 7) is 5.98. The minimum atomic E-state index is -0.131. The molecule has 110 valence electrons. The first-order valence-electron chi connectivity index (χ1n) is 7.27. The maximum Gasteiger partial charge on any atom is 0.269 e. The second-order valence-corrected chi connectivity index (χ2v) is 4.83. The number of carbonyl (C=O) groups excluding carboxylic acids is 1. The summed E-state index contributed by atoms with van der Waals surface area (Å²) < 4.78 is 0. The second-order valence-electron chi connectivity index (χ2n) is 4.83. The molecule has 4 nitrogen and oxygen atoms in total. The van der Waals surface area contributed by atoms with Crippen LogP contribution in [-0.2, 0) is 0 Å². The van der Waals surface area contributed by atoms with Gasteiger partial charge in [0.05, 0.1) is 5.52 Å². The summed E-state index contributed by atoms with van der Waals surface area (Å²) in [4.78, 5) is 16.4. The van der Waals surface area contributed by atoms with Crippen molar-refractivity contribution in [1.29, 1.82) is 0 Å². The van der Waals surface area contributed by atoms with Gasteiger partial charge in [0.15, 0.2) is 0 Å². The van der Waals surface area contributed by atoms with Crippen LogP contribution in [-0.4, -0.2) is 30.5 Å². The number of unbranched alkanes of at least 4 members (excludes halogenated alkanes) is 1. The van der Waals surface area contributed by atoms with Crippen molar-refractivity contribution >= 4 is 16.8 Å². The molecule has 1 aromatic carbocycles. The van der Waals surface area contributed by atoms with Gasteiger partial charge in [-0.2, -0.15) is 0 Å². The molecular weight excluding hydrogens is 262 g/mol. The normalized spacial score (nSPS) is 10.5. The van der Waals surface area contributed by atoms with Crippen LogP contribution >= 0.6 is 0 Å². The molecule has 4 heteroatoms.